The van der Waals surface area contributed by atoms with E-state index in [2.05, 4.69) is 151 Å². The third kappa shape index (κ3) is 13.3. The first-order valence-electron chi connectivity index (χ1n) is 25.2. The van der Waals surface area contributed by atoms with Gasteiger partial charge in [-0.15, -0.1) is 0 Å². The molecule has 4 aliphatic rings. The molecular weight excluding hydrogens is 801 g/mol. The van der Waals surface area contributed by atoms with E-state index in [0.717, 1.165) is 12.8 Å². The van der Waals surface area contributed by atoms with Crippen LogP contribution >= 0.6 is 0 Å². The highest BCUT2D eigenvalue weighted by molar-refractivity contribution is 5.89. The molecule has 0 aliphatic heterocycles. The van der Waals surface area contributed by atoms with Gasteiger partial charge in [0.1, 0.15) is 24.4 Å². The second-order valence-corrected chi connectivity index (χ2v) is 26.8. The number of carbonyl (C=O) groups excluding carboxylic acids is 4. The van der Waals surface area contributed by atoms with Crippen molar-refractivity contribution in [2.75, 3.05) is 0 Å². The van der Waals surface area contributed by atoms with Crippen LogP contribution in [-0.4, -0.2) is 48.3 Å². The minimum Gasteiger partial charge on any atom is -0.462 e. The summed E-state index contributed by atoms with van der Waals surface area (Å²) in [7, 11) is 0. The van der Waals surface area contributed by atoms with Crippen LogP contribution in [0.5, 0.6) is 0 Å². The number of hydrogen-bond acceptors (Lipinski definition) is 8. The van der Waals surface area contributed by atoms with Gasteiger partial charge >= 0.3 is 23.9 Å². The SMILES string of the molecule is CCC1=CC(C)(C)CC(OC(=O)CC(C(=O)OC2CC(C)(C)C(C)C(C)(C)C2)C(CC(=O)OC2CC(C)(C)C=C(C)C(C)(C)C2)C(=O)OC2CC(C)(C)C(CC)C(C)(C)C2)CC1(C)C. The van der Waals surface area contributed by atoms with Crippen molar-refractivity contribution in [3.63, 3.8) is 0 Å². The summed E-state index contributed by atoms with van der Waals surface area (Å²) < 4.78 is 25.7. The standard InChI is InChI=1S/C56H94O8/c1-21-37-26-50(7,8)28-39(32-54(37,15)16)62-46(58)24-42(47(59)63-40-30-52(11,12)36(4)53(13,14)31-40)43(48(60)64-41-33-55(17,18)44(22-2)56(19,20)34-41)23-45(57)61-38-27-49(5,6)25-35(3)51(9,10)29-38/h25-26,36,38-44H,21-24,27-34H2,1-20H3. The quantitative estimate of drug-likeness (QED) is 0.102. The number of carbonyl (C=O) groups is 4. The normalized spacial score (nSPS) is 31.9. The highest BCUT2D eigenvalue weighted by Crippen LogP contribution is 2.54. The summed E-state index contributed by atoms with van der Waals surface area (Å²) in [5.74, 6) is -4.37. The minimum atomic E-state index is -1.33. The Hall–Kier alpha value is -2.64. The molecule has 8 heteroatoms. The molecule has 0 amide bonds. The maximum atomic E-state index is 15.1. The molecule has 4 rings (SSSR count). The average Bonchev–Trinajstić information content (AvgIpc) is 3.22. The number of hydrogen-bond donors (Lipinski definition) is 0. The van der Waals surface area contributed by atoms with Crippen molar-refractivity contribution >= 4 is 23.9 Å². The smallest absolute Gasteiger partial charge is 0.310 e. The van der Waals surface area contributed by atoms with Crippen LogP contribution in [0.15, 0.2) is 23.3 Å². The number of ether oxygens (including phenoxy) is 4. The lowest BCUT2D eigenvalue weighted by molar-refractivity contribution is -0.181. The molecule has 2 saturated carbocycles. The monoisotopic (exact) mass is 895 g/mol. The first kappa shape index (κ1) is 54.0. The molecule has 2 fully saturated rings. The van der Waals surface area contributed by atoms with E-state index in [1.54, 1.807) is 0 Å². The third-order valence-electron chi connectivity index (χ3n) is 17.2. The van der Waals surface area contributed by atoms with E-state index in [9.17, 15) is 9.59 Å². The summed E-state index contributed by atoms with van der Waals surface area (Å²) in [6.07, 6.45) is 9.06. The van der Waals surface area contributed by atoms with Crippen molar-refractivity contribution in [1.29, 1.82) is 0 Å². The summed E-state index contributed by atoms with van der Waals surface area (Å²) in [6.45, 7) is 43.9. The van der Waals surface area contributed by atoms with Gasteiger partial charge in [0.15, 0.2) is 0 Å². The number of esters is 4. The number of rotatable bonds is 13. The highest BCUT2D eigenvalue weighted by atomic mass is 16.6. The average molecular weight is 895 g/mol. The van der Waals surface area contributed by atoms with E-state index in [-0.39, 0.29) is 43.3 Å². The molecule has 64 heavy (non-hydrogen) atoms. The zero-order chi connectivity index (χ0) is 48.8. The first-order chi connectivity index (χ1) is 28.9. The fourth-order valence-electron chi connectivity index (χ4n) is 13.7. The van der Waals surface area contributed by atoms with Crippen molar-refractivity contribution in [1.82, 2.24) is 0 Å². The predicted octanol–water partition coefficient (Wildman–Crippen LogP) is 14.0. The molecule has 0 heterocycles. The molecule has 0 radical (unpaired) electrons. The minimum absolute atomic E-state index is 0.117. The van der Waals surface area contributed by atoms with Crippen LogP contribution in [-0.2, 0) is 38.1 Å². The van der Waals surface area contributed by atoms with Crippen molar-refractivity contribution in [2.24, 2.45) is 67.0 Å². The van der Waals surface area contributed by atoms with Gasteiger partial charge in [-0.1, -0.05) is 161 Å². The molecule has 0 aromatic rings. The van der Waals surface area contributed by atoms with Crippen LogP contribution in [0.2, 0.25) is 0 Å². The van der Waals surface area contributed by atoms with Gasteiger partial charge in [0.05, 0.1) is 24.7 Å². The van der Waals surface area contributed by atoms with E-state index in [1.807, 2.05) is 0 Å². The Morgan fingerprint density at radius 2 is 0.875 bits per heavy atom. The molecule has 366 valence electrons. The van der Waals surface area contributed by atoms with Gasteiger partial charge in [-0.25, -0.2) is 0 Å². The molecule has 0 bridgehead atoms. The van der Waals surface area contributed by atoms with Crippen LogP contribution < -0.4 is 0 Å². The molecular formula is C56H94O8. The van der Waals surface area contributed by atoms with Gasteiger partial charge in [0.2, 0.25) is 0 Å². The lowest BCUT2D eigenvalue weighted by atomic mass is 9.55. The van der Waals surface area contributed by atoms with E-state index in [1.165, 1.54) is 11.1 Å². The fraction of sp³-hybridized carbons (Fsp3) is 0.857. The summed E-state index contributed by atoms with van der Waals surface area (Å²) in [5, 5.41) is 0. The zero-order valence-corrected chi connectivity index (χ0v) is 44.5. The van der Waals surface area contributed by atoms with Crippen LogP contribution in [0.4, 0.5) is 0 Å². The summed E-state index contributed by atoms with van der Waals surface area (Å²) in [6, 6.07) is 0. The molecule has 4 aliphatic carbocycles. The maximum absolute atomic E-state index is 15.1. The second kappa shape index (κ2) is 19.2. The fourth-order valence-corrected chi connectivity index (χ4v) is 13.7. The zero-order valence-electron chi connectivity index (χ0n) is 44.5. The molecule has 0 aromatic heterocycles. The van der Waals surface area contributed by atoms with Gasteiger partial charge in [-0.3, -0.25) is 19.2 Å². The maximum Gasteiger partial charge on any atom is 0.310 e. The lowest BCUT2D eigenvalue weighted by Crippen LogP contribution is -2.48. The molecule has 0 saturated heterocycles. The van der Waals surface area contributed by atoms with E-state index in [0.29, 0.717) is 63.2 Å². The number of allylic oxidation sites excluding steroid dienone is 4. The van der Waals surface area contributed by atoms with Crippen molar-refractivity contribution in [3.8, 4) is 0 Å². The van der Waals surface area contributed by atoms with Crippen molar-refractivity contribution in [3.05, 3.63) is 23.3 Å². The van der Waals surface area contributed by atoms with Crippen LogP contribution in [0.1, 0.15) is 216 Å². The topological polar surface area (TPSA) is 105 Å². The van der Waals surface area contributed by atoms with Crippen LogP contribution in [0.25, 0.3) is 0 Å². The van der Waals surface area contributed by atoms with Crippen molar-refractivity contribution < 1.29 is 38.1 Å². The van der Waals surface area contributed by atoms with Gasteiger partial charge in [0, 0.05) is 0 Å². The van der Waals surface area contributed by atoms with Gasteiger partial charge in [0.25, 0.3) is 0 Å². The van der Waals surface area contributed by atoms with E-state index >= 15 is 9.59 Å². The van der Waals surface area contributed by atoms with E-state index in [4.69, 9.17) is 18.9 Å². The molecule has 0 aromatic carbocycles. The second-order valence-electron chi connectivity index (χ2n) is 26.8. The van der Waals surface area contributed by atoms with Crippen LogP contribution in [0, 0.1) is 67.0 Å². The van der Waals surface area contributed by atoms with Gasteiger partial charge < -0.3 is 18.9 Å². The largest absolute Gasteiger partial charge is 0.462 e. The predicted molar refractivity (Wildman–Crippen MR) is 258 cm³/mol. The molecule has 4 unspecified atom stereocenters. The molecule has 8 nitrogen and oxygen atoms in total. The third-order valence-corrected chi connectivity index (χ3v) is 17.2. The Bertz CT molecular complexity index is 1730. The first-order valence-corrected chi connectivity index (χ1v) is 25.2. The Morgan fingerprint density at radius 3 is 1.27 bits per heavy atom. The summed E-state index contributed by atoms with van der Waals surface area (Å²) >= 11 is 0. The van der Waals surface area contributed by atoms with E-state index < -0.39 is 73.0 Å². The van der Waals surface area contributed by atoms with Crippen LogP contribution in [0.3, 0.4) is 0 Å². The Kier molecular flexibility index (Phi) is 16.2. The molecule has 4 atom stereocenters. The summed E-state index contributed by atoms with van der Waals surface area (Å²) in [5.41, 5.74) is 1.24. The highest BCUT2D eigenvalue weighted by Gasteiger charge is 2.51. The Balaban J connectivity index is 1.76. The van der Waals surface area contributed by atoms with Gasteiger partial charge in [-0.2, -0.15) is 0 Å². The Labute approximate surface area is 391 Å². The van der Waals surface area contributed by atoms with Crippen molar-refractivity contribution in [2.45, 2.75) is 240 Å². The summed E-state index contributed by atoms with van der Waals surface area (Å²) in [4.78, 5) is 59.1. The molecule has 0 spiro atoms. The Morgan fingerprint density at radius 1 is 0.516 bits per heavy atom. The van der Waals surface area contributed by atoms with Gasteiger partial charge in [-0.05, 0) is 120 Å². The lowest BCUT2D eigenvalue weighted by Gasteiger charge is -2.51. The molecule has 0 N–H and O–H groups in total.